The molecule has 0 aliphatic heterocycles. The maximum absolute atomic E-state index is 11.2. The molecule has 1 heterocycles. The number of amides is 1. The van der Waals surface area contributed by atoms with Crippen LogP contribution in [0, 0.1) is 18.8 Å². The molecule has 0 saturated heterocycles. The Morgan fingerprint density at radius 2 is 1.96 bits per heavy atom. The van der Waals surface area contributed by atoms with Crippen LogP contribution in [0.25, 0.3) is 10.9 Å². The van der Waals surface area contributed by atoms with Crippen molar-refractivity contribution in [3.8, 4) is 5.75 Å². The Morgan fingerprint density at radius 3 is 2.69 bits per heavy atom. The van der Waals surface area contributed by atoms with Gasteiger partial charge >= 0.3 is 0 Å². The maximum Gasteiger partial charge on any atom is 0.220 e. The van der Waals surface area contributed by atoms with Gasteiger partial charge in [0.25, 0.3) is 0 Å². The van der Waals surface area contributed by atoms with Crippen molar-refractivity contribution in [1.82, 2.24) is 4.98 Å². The molecule has 1 aliphatic carbocycles. The maximum atomic E-state index is 11.2. The van der Waals surface area contributed by atoms with Crippen molar-refractivity contribution in [1.29, 1.82) is 0 Å². The van der Waals surface area contributed by atoms with E-state index in [4.69, 9.17) is 10.5 Å². The second kappa shape index (κ2) is 6.79. The van der Waals surface area contributed by atoms with Crippen LogP contribution < -0.4 is 10.5 Å². The molecule has 4 heteroatoms. The summed E-state index contributed by atoms with van der Waals surface area (Å²) in [7, 11) is 0. The fraction of sp³-hybridized carbons (Fsp3) is 0.273. The number of ether oxygens (including phenoxy) is 1. The number of hydrogen-bond donors (Lipinski definition) is 1. The summed E-state index contributed by atoms with van der Waals surface area (Å²) in [5.74, 6) is 1.14. The number of aromatic nitrogens is 1. The molecule has 0 bridgehead atoms. The summed E-state index contributed by atoms with van der Waals surface area (Å²) in [6.07, 6.45) is 1.82. The average molecular weight is 346 g/mol. The molecule has 2 N–H and O–H groups in total. The van der Waals surface area contributed by atoms with Gasteiger partial charge in [-0.15, -0.1) is 0 Å². The molecule has 2 aromatic carbocycles. The lowest BCUT2D eigenvalue weighted by molar-refractivity contribution is -0.119. The van der Waals surface area contributed by atoms with Crippen molar-refractivity contribution in [2.75, 3.05) is 0 Å². The van der Waals surface area contributed by atoms with Gasteiger partial charge in [-0.2, -0.15) is 0 Å². The highest BCUT2D eigenvalue weighted by Crippen LogP contribution is 2.40. The quantitative estimate of drug-likeness (QED) is 0.738. The van der Waals surface area contributed by atoms with E-state index < -0.39 is 0 Å². The summed E-state index contributed by atoms with van der Waals surface area (Å²) in [6, 6.07) is 18.3. The van der Waals surface area contributed by atoms with E-state index in [1.807, 2.05) is 37.3 Å². The molecule has 4 nitrogen and oxygen atoms in total. The minimum Gasteiger partial charge on any atom is -0.489 e. The highest BCUT2D eigenvalue weighted by atomic mass is 16.5. The fourth-order valence-corrected chi connectivity index (χ4v) is 3.52. The van der Waals surface area contributed by atoms with Crippen LogP contribution >= 0.6 is 0 Å². The topological polar surface area (TPSA) is 65.2 Å². The van der Waals surface area contributed by atoms with Crippen LogP contribution in [0.2, 0.25) is 0 Å². The van der Waals surface area contributed by atoms with Gasteiger partial charge in [-0.05, 0) is 55.5 Å². The van der Waals surface area contributed by atoms with Crippen molar-refractivity contribution in [2.24, 2.45) is 17.6 Å². The van der Waals surface area contributed by atoms with Crippen molar-refractivity contribution in [3.63, 3.8) is 0 Å². The molecule has 1 aliphatic rings. The number of nitrogens with two attached hydrogens (primary N) is 1. The molecule has 26 heavy (non-hydrogen) atoms. The number of pyridine rings is 1. The molecule has 1 amide bonds. The molecule has 0 radical (unpaired) electrons. The van der Waals surface area contributed by atoms with Crippen molar-refractivity contribution in [3.05, 3.63) is 71.4 Å². The number of rotatable bonds is 6. The number of aryl methyl sites for hydroxylation is 1. The molecular formula is C22H22N2O2. The number of carbonyl (C=O) groups excluding carboxylic acids is 1. The molecule has 4 rings (SSSR count). The van der Waals surface area contributed by atoms with Gasteiger partial charge in [-0.25, -0.2) is 0 Å². The minimum absolute atomic E-state index is 0.0640. The Kier molecular flexibility index (Phi) is 4.33. The molecule has 1 saturated carbocycles. The fourth-order valence-electron chi connectivity index (χ4n) is 3.52. The SMILES string of the molecule is Cc1cc(COc2ccc(CC3CC3C(N)=O)cc2)c2ccccc2n1. The lowest BCUT2D eigenvalue weighted by atomic mass is 10.1. The first-order chi connectivity index (χ1) is 12.6. The first-order valence-corrected chi connectivity index (χ1v) is 8.96. The first-order valence-electron chi connectivity index (χ1n) is 8.96. The lowest BCUT2D eigenvalue weighted by Gasteiger charge is -2.10. The third-order valence-electron chi connectivity index (χ3n) is 5.03. The zero-order valence-electron chi connectivity index (χ0n) is 14.8. The Balaban J connectivity index is 1.42. The van der Waals surface area contributed by atoms with E-state index in [1.54, 1.807) is 0 Å². The van der Waals surface area contributed by atoms with Crippen LogP contribution in [-0.2, 0) is 17.8 Å². The van der Waals surface area contributed by atoms with E-state index in [-0.39, 0.29) is 11.8 Å². The van der Waals surface area contributed by atoms with E-state index in [1.165, 1.54) is 5.56 Å². The normalized spacial score (nSPS) is 18.7. The zero-order valence-corrected chi connectivity index (χ0v) is 14.8. The van der Waals surface area contributed by atoms with Gasteiger partial charge in [0.1, 0.15) is 12.4 Å². The minimum atomic E-state index is -0.171. The number of nitrogens with zero attached hydrogens (tertiary/aromatic N) is 1. The highest BCUT2D eigenvalue weighted by molar-refractivity contribution is 5.82. The van der Waals surface area contributed by atoms with E-state index in [9.17, 15) is 4.79 Å². The van der Waals surface area contributed by atoms with Gasteiger partial charge < -0.3 is 10.5 Å². The summed E-state index contributed by atoms with van der Waals surface area (Å²) < 4.78 is 5.99. The number of primary amides is 1. The standard InChI is InChI=1S/C22H22N2O2/c1-14-10-17(19-4-2-3-5-21(19)24-14)13-26-18-8-6-15(7-9-18)11-16-12-20(16)22(23)25/h2-10,16,20H,11-13H2,1H3,(H2,23,25). The zero-order chi connectivity index (χ0) is 18.1. The van der Waals surface area contributed by atoms with Crippen LogP contribution in [0.15, 0.2) is 54.6 Å². The third kappa shape index (κ3) is 3.54. The van der Waals surface area contributed by atoms with Crippen molar-refractivity contribution >= 4 is 16.8 Å². The summed E-state index contributed by atoms with van der Waals surface area (Å²) in [4.78, 5) is 15.7. The second-order valence-electron chi connectivity index (χ2n) is 7.08. The third-order valence-corrected chi connectivity index (χ3v) is 5.03. The molecular weight excluding hydrogens is 324 g/mol. The van der Waals surface area contributed by atoms with Crippen LogP contribution in [0.5, 0.6) is 5.75 Å². The van der Waals surface area contributed by atoms with Crippen LogP contribution in [0.1, 0.15) is 23.2 Å². The molecule has 3 aromatic rings. The number of fused-ring (bicyclic) bond motifs is 1. The van der Waals surface area contributed by atoms with Gasteiger partial charge in [0.15, 0.2) is 0 Å². The van der Waals surface area contributed by atoms with Gasteiger partial charge in [0.2, 0.25) is 5.91 Å². The molecule has 2 atom stereocenters. The van der Waals surface area contributed by atoms with E-state index in [0.29, 0.717) is 12.5 Å². The summed E-state index contributed by atoms with van der Waals surface area (Å²) in [6.45, 7) is 2.51. The van der Waals surface area contributed by atoms with Crippen LogP contribution in [-0.4, -0.2) is 10.9 Å². The molecule has 0 spiro atoms. The van der Waals surface area contributed by atoms with Crippen molar-refractivity contribution < 1.29 is 9.53 Å². The van der Waals surface area contributed by atoms with Gasteiger partial charge in [0.05, 0.1) is 5.52 Å². The van der Waals surface area contributed by atoms with Crippen LogP contribution in [0.4, 0.5) is 0 Å². The summed E-state index contributed by atoms with van der Waals surface area (Å²) >= 11 is 0. The first kappa shape index (κ1) is 16.6. The van der Waals surface area contributed by atoms with Crippen molar-refractivity contribution in [2.45, 2.75) is 26.4 Å². The predicted molar refractivity (Wildman–Crippen MR) is 102 cm³/mol. The van der Waals surface area contributed by atoms with Gasteiger partial charge in [-0.1, -0.05) is 30.3 Å². The number of hydrogen-bond acceptors (Lipinski definition) is 3. The Morgan fingerprint density at radius 1 is 1.19 bits per heavy atom. The van der Waals surface area contributed by atoms with E-state index >= 15 is 0 Å². The van der Waals surface area contributed by atoms with Crippen LogP contribution in [0.3, 0.4) is 0 Å². The number of benzene rings is 2. The highest BCUT2D eigenvalue weighted by Gasteiger charge is 2.41. The lowest BCUT2D eigenvalue weighted by Crippen LogP contribution is -2.14. The molecule has 1 fully saturated rings. The molecule has 132 valence electrons. The Hall–Kier alpha value is -2.88. The Bertz CT molecular complexity index is 950. The monoisotopic (exact) mass is 346 g/mol. The largest absolute Gasteiger partial charge is 0.489 e. The van der Waals surface area contributed by atoms with Gasteiger partial charge in [0, 0.05) is 22.6 Å². The summed E-state index contributed by atoms with van der Waals surface area (Å²) in [5.41, 5.74) is 9.69. The summed E-state index contributed by atoms with van der Waals surface area (Å²) in [5, 5.41) is 1.13. The Labute approximate surface area is 153 Å². The van der Waals surface area contributed by atoms with E-state index in [0.717, 1.165) is 40.8 Å². The molecule has 1 aromatic heterocycles. The predicted octanol–water partition coefficient (Wildman–Crippen LogP) is 3.79. The van der Waals surface area contributed by atoms with Gasteiger partial charge in [-0.3, -0.25) is 9.78 Å². The molecule has 2 unspecified atom stereocenters. The number of para-hydroxylation sites is 1. The average Bonchev–Trinajstić information content (AvgIpc) is 3.40. The second-order valence-corrected chi connectivity index (χ2v) is 7.08. The smallest absolute Gasteiger partial charge is 0.220 e. The van der Waals surface area contributed by atoms with E-state index in [2.05, 4.69) is 29.2 Å². The number of carbonyl (C=O) groups is 1.